The number of halogens is 1. The maximum atomic E-state index is 14.0. The molecule has 2 heterocycles. The highest BCUT2D eigenvalue weighted by molar-refractivity contribution is 5.94. The first-order chi connectivity index (χ1) is 12.2. The van der Waals surface area contributed by atoms with Crippen LogP contribution in [-0.4, -0.2) is 34.9 Å². The van der Waals surface area contributed by atoms with E-state index in [1.807, 2.05) is 6.07 Å². The van der Waals surface area contributed by atoms with Gasteiger partial charge in [0.25, 0.3) is 5.91 Å². The van der Waals surface area contributed by atoms with Crippen LogP contribution in [0.25, 0.3) is 0 Å². The zero-order valence-electron chi connectivity index (χ0n) is 13.8. The molecule has 0 aliphatic carbocycles. The quantitative estimate of drug-likeness (QED) is 0.930. The van der Waals surface area contributed by atoms with Gasteiger partial charge in [0.2, 0.25) is 0 Å². The van der Waals surface area contributed by atoms with E-state index in [1.165, 1.54) is 6.07 Å². The van der Waals surface area contributed by atoms with Crippen LogP contribution in [0.2, 0.25) is 0 Å². The molecule has 128 valence electrons. The highest BCUT2D eigenvalue weighted by Crippen LogP contribution is 2.17. The number of likely N-dealkylation sites (tertiary alicyclic amines) is 1. The van der Waals surface area contributed by atoms with Crippen molar-refractivity contribution in [2.75, 3.05) is 13.1 Å². The molecule has 1 saturated heterocycles. The van der Waals surface area contributed by atoms with Crippen molar-refractivity contribution in [3.63, 3.8) is 0 Å². The van der Waals surface area contributed by atoms with Gasteiger partial charge in [-0.15, -0.1) is 0 Å². The van der Waals surface area contributed by atoms with Crippen LogP contribution in [0.15, 0.2) is 42.7 Å². The summed E-state index contributed by atoms with van der Waals surface area (Å²) in [4.78, 5) is 18.2. The Labute approximate surface area is 146 Å². The van der Waals surface area contributed by atoms with Crippen LogP contribution in [0.5, 0.6) is 0 Å². The second-order valence-corrected chi connectivity index (χ2v) is 6.18. The van der Waals surface area contributed by atoms with E-state index in [0.717, 1.165) is 25.9 Å². The van der Waals surface area contributed by atoms with Crippen LogP contribution in [0.4, 0.5) is 4.39 Å². The molecule has 1 aromatic heterocycles. The summed E-state index contributed by atoms with van der Waals surface area (Å²) in [6, 6.07) is 10.0. The lowest BCUT2D eigenvalue weighted by molar-refractivity contribution is 0.0908. The Morgan fingerprint density at radius 3 is 2.64 bits per heavy atom. The van der Waals surface area contributed by atoms with Crippen molar-refractivity contribution in [2.45, 2.75) is 25.4 Å². The van der Waals surface area contributed by atoms with Gasteiger partial charge in [-0.1, -0.05) is 6.07 Å². The number of aromatic nitrogens is 1. The van der Waals surface area contributed by atoms with Crippen molar-refractivity contribution in [1.29, 1.82) is 5.26 Å². The molecule has 1 aromatic carbocycles. The zero-order chi connectivity index (χ0) is 17.6. The second-order valence-electron chi connectivity index (χ2n) is 6.18. The molecule has 0 atom stereocenters. The maximum absolute atomic E-state index is 14.0. The Kier molecular flexibility index (Phi) is 5.36. The van der Waals surface area contributed by atoms with Gasteiger partial charge < -0.3 is 5.32 Å². The van der Waals surface area contributed by atoms with E-state index in [2.05, 4.69) is 15.2 Å². The van der Waals surface area contributed by atoms with Gasteiger partial charge in [-0.3, -0.25) is 14.7 Å². The number of hydrogen-bond donors (Lipinski definition) is 1. The smallest absolute Gasteiger partial charge is 0.251 e. The topological polar surface area (TPSA) is 69.0 Å². The first-order valence-electron chi connectivity index (χ1n) is 8.27. The molecule has 2 aromatic rings. The number of hydrogen-bond acceptors (Lipinski definition) is 4. The number of amides is 1. The normalized spacial score (nSPS) is 15.5. The third-order valence-corrected chi connectivity index (χ3v) is 4.44. The third kappa shape index (κ3) is 4.40. The number of carbonyl (C=O) groups excluding carboxylic acids is 1. The van der Waals surface area contributed by atoms with Gasteiger partial charge in [-0.25, -0.2) is 4.39 Å². The summed E-state index contributed by atoms with van der Waals surface area (Å²) < 4.78 is 14.0. The van der Waals surface area contributed by atoms with Gasteiger partial charge >= 0.3 is 0 Å². The molecule has 1 fully saturated rings. The number of piperidine rings is 1. The van der Waals surface area contributed by atoms with E-state index in [1.54, 1.807) is 36.7 Å². The van der Waals surface area contributed by atoms with Crippen LogP contribution >= 0.6 is 0 Å². The summed E-state index contributed by atoms with van der Waals surface area (Å²) in [5.74, 6) is -0.425. The van der Waals surface area contributed by atoms with E-state index in [9.17, 15) is 9.18 Å². The standard InChI is InChI=1S/C19H19FN4O/c20-18-11-14(12-21)1-2-16(18)13-24-9-5-17(6-10-24)23-19(25)15-3-7-22-8-4-15/h1-4,7-8,11,17H,5-6,9-10,13H2,(H,23,25). The molecule has 5 nitrogen and oxygen atoms in total. The Hall–Kier alpha value is -2.78. The Balaban J connectivity index is 1.51. The van der Waals surface area contributed by atoms with Crippen LogP contribution in [0.1, 0.15) is 34.3 Å². The van der Waals surface area contributed by atoms with Crippen molar-refractivity contribution in [2.24, 2.45) is 0 Å². The lowest BCUT2D eigenvalue weighted by atomic mass is 10.0. The van der Waals surface area contributed by atoms with Crippen molar-refractivity contribution in [3.8, 4) is 6.07 Å². The van der Waals surface area contributed by atoms with Crippen LogP contribution in [0, 0.1) is 17.1 Å². The fourth-order valence-corrected chi connectivity index (χ4v) is 2.99. The molecular formula is C19H19FN4O. The van der Waals surface area contributed by atoms with Gasteiger partial charge in [0, 0.05) is 49.2 Å². The van der Waals surface area contributed by atoms with Gasteiger partial charge in [0.15, 0.2) is 0 Å². The molecule has 0 radical (unpaired) electrons. The largest absolute Gasteiger partial charge is 0.349 e. The van der Waals surface area contributed by atoms with Crippen molar-refractivity contribution < 1.29 is 9.18 Å². The fourth-order valence-electron chi connectivity index (χ4n) is 2.99. The van der Waals surface area contributed by atoms with E-state index in [0.29, 0.717) is 23.2 Å². The lowest BCUT2D eigenvalue weighted by Gasteiger charge is -2.32. The molecule has 1 N–H and O–H groups in total. The van der Waals surface area contributed by atoms with Gasteiger partial charge in [-0.2, -0.15) is 5.26 Å². The number of carbonyl (C=O) groups is 1. The van der Waals surface area contributed by atoms with Crippen molar-refractivity contribution in [3.05, 3.63) is 65.2 Å². The molecule has 1 amide bonds. The number of nitriles is 1. The summed E-state index contributed by atoms with van der Waals surface area (Å²) >= 11 is 0. The minimum absolute atomic E-state index is 0.0843. The molecule has 0 spiro atoms. The minimum Gasteiger partial charge on any atom is -0.349 e. The second kappa shape index (κ2) is 7.86. The lowest BCUT2D eigenvalue weighted by Crippen LogP contribution is -2.44. The van der Waals surface area contributed by atoms with E-state index < -0.39 is 0 Å². The molecule has 25 heavy (non-hydrogen) atoms. The SMILES string of the molecule is N#Cc1ccc(CN2CCC(NC(=O)c3ccncc3)CC2)c(F)c1. The molecule has 1 aliphatic rings. The number of benzene rings is 1. The predicted molar refractivity (Wildman–Crippen MR) is 91.1 cm³/mol. The first kappa shape index (κ1) is 17.1. The van der Waals surface area contributed by atoms with E-state index in [-0.39, 0.29) is 17.8 Å². The van der Waals surface area contributed by atoms with Gasteiger partial charge in [-0.05, 0) is 37.1 Å². The monoisotopic (exact) mass is 338 g/mol. The molecule has 1 aliphatic heterocycles. The van der Waals surface area contributed by atoms with Crippen LogP contribution in [-0.2, 0) is 6.54 Å². The predicted octanol–water partition coefficient (Wildman–Crippen LogP) is 2.49. The summed E-state index contributed by atoms with van der Waals surface area (Å²) in [5.41, 5.74) is 1.54. The fraction of sp³-hybridized carbons (Fsp3) is 0.316. The Morgan fingerprint density at radius 2 is 2.00 bits per heavy atom. The highest BCUT2D eigenvalue weighted by Gasteiger charge is 2.21. The zero-order valence-corrected chi connectivity index (χ0v) is 13.8. The van der Waals surface area contributed by atoms with E-state index in [4.69, 9.17) is 5.26 Å². The number of pyridine rings is 1. The van der Waals surface area contributed by atoms with Crippen LogP contribution < -0.4 is 5.32 Å². The number of rotatable bonds is 4. The Bertz CT molecular complexity index is 780. The number of nitrogens with zero attached hydrogens (tertiary/aromatic N) is 3. The average Bonchev–Trinajstić information content (AvgIpc) is 2.65. The summed E-state index contributed by atoms with van der Waals surface area (Å²) in [6.45, 7) is 2.10. The molecular weight excluding hydrogens is 319 g/mol. The van der Waals surface area contributed by atoms with Crippen molar-refractivity contribution >= 4 is 5.91 Å². The number of nitrogens with one attached hydrogen (secondary N) is 1. The highest BCUT2D eigenvalue weighted by atomic mass is 19.1. The molecule has 6 heteroatoms. The summed E-state index contributed by atoms with van der Waals surface area (Å²) in [5, 5.41) is 11.8. The maximum Gasteiger partial charge on any atom is 0.251 e. The van der Waals surface area contributed by atoms with Crippen molar-refractivity contribution in [1.82, 2.24) is 15.2 Å². The first-order valence-corrected chi connectivity index (χ1v) is 8.27. The molecule has 0 unspecified atom stereocenters. The summed E-state index contributed by atoms with van der Waals surface area (Å²) in [7, 11) is 0. The summed E-state index contributed by atoms with van der Waals surface area (Å²) in [6.07, 6.45) is 4.86. The van der Waals surface area contributed by atoms with Crippen LogP contribution in [0.3, 0.4) is 0 Å². The van der Waals surface area contributed by atoms with Gasteiger partial charge in [0.05, 0.1) is 11.6 Å². The average molecular weight is 338 g/mol. The molecule has 0 saturated carbocycles. The van der Waals surface area contributed by atoms with Gasteiger partial charge in [0.1, 0.15) is 5.82 Å². The molecule has 3 rings (SSSR count). The van der Waals surface area contributed by atoms with E-state index >= 15 is 0 Å². The third-order valence-electron chi connectivity index (χ3n) is 4.44. The molecule has 0 bridgehead atoms. The Morgan fingerprint density at radius 1 is 1.28 bits per heavy atom. The minimum atomic E-state index is -0.341.